The summed E-state index contributed by atoms with van der Waals surface area (Å²) in [6.07, 6.45) is 2.21. The van der Waals surface area contributed by atoms with E-state index in [1.54, 1.807) is 0 Å². The minimum absolute atomic E-state index is 0.215. The maximum atomic E-state index is 11.6. The molecule has 1 aromatic carbocycles. The van der Waals surface area contributed by atoms with Crippen molar-refractivity contribution in [1.29, 1.82) is 0 Å². The molecule has 2 aromatic rings. The van der Waals surface area contributed by atoms with Gasteiger partial charge in [0, 0.05) is 6.54 Å². The second-order valence-electron chi connectivity index (χ2n) is 4.19. The van der Waals surface area contributed by atoms with E-state index in [1.165, 1.54) is 11.9 Å². The van der Waals surface area contributed by atoms with Crippen molar-refractivity contribution in [2.24, 2.45) is 0 Å². The Bertz CT molecular complexity index is 481. The number of nitrogens with one attached hydrogen (secondary N) is 2. The topological polar surface area (TPSA) is 70.7 Å². The predicted molar refractivity (Wildman–Crippen MR) is 68.2 cm³/mol. The standard InChI is InChI=1S/C13H16N4O/c1-10(11-5-3-2-4-6-11)7-8-14-13(18)12-15-9-16-17-12/h2-6,9-10H,7-8H2,1H3,(H,14,18)(H,15,16,17). The molecule has 0 radical (unpaired) electrons. The number of nitrogens with zero attached hydrogens (tertiary/aromatic N) is 2. The summed E-state index contributed by atoms with van der Waals surface area (Å²) in [7, 11) is 0. The molecule has 5 nitrogen and oxygen atoms in total. The Morgan fingerprint density at radius 3 is 2.83 bits per heavy atom. The van der Waals surface area contributed by atoms with Crippen LogP contribution in [0.1, 0.15) is 35.4 Å². The van der Waals surface area contributed by atoms with Crippen LogP contribution < -0.4 is 5.32 Å². The third-order valence-corrected chi connectivity index (χ3v) is 2.86. The highest BCUT2D eigenvalue weighted by Crippen LogP contribution is 2.17. The molecule has 1 heterocycles. The molecular formula is C13H16N4O. The number of aromatic amines is 1. The van der Waals surface area contributed by atoms with Gasteiger partial charge in [0.2, 0.25) is 5.82 Å². The summed E-state index contributed by atoms with van der Waals surface area (Å²) >= 11 is 0. The average Bonchev–Trinajstić information content (AvgIpc) is 2.93. The second-order valence-corrected chi connectivity index (χ2v) is 4.19. The molecule has 0 spiro atoms. The van der Waals surface area contributed by atoms with Gasteiger partial charge in [-0.15, -0.1) is 0 Å². The molecule has 5 heteroatoms. The molecule has 0 aliphatic rings. The molecule has 2 N–H and O–H groups in total. The lowest BCUT2D eigenvalue weighted by Crippen LogP contribution is -2.26. The summed E-state index contributed by atoms with van der Waals surface area (Å²) < 4.78 is 0. The Kier molecular flexibility index (Phi) is 4.06. The summed E-state index contributed by atoms with van der Waals surface area (Å²) in [5.74, 6) is 0.455. The van der Waals surface area contributed by atoms with E-state index in [4.69, 9.17) is 0 Å². The van der Waals surface area contributed by atoms with Crippen LogP contribution in [0, 0.1) is 0 Å². The largest absolute Gasteiger partial charge is 0.349 e. The summed E-state index contributed by atoms with van der Waals surface area (Å²) in [5.41, 5.74) is 1.28. The Hall–Kier alpha value is -2.17. The Morgan fingerprint density at radius 2 is 2.17 bits per heavy atom. The second kappa shape index (κ2) is 5.95. The Labute approximate surface area is 106 Å². The maximum Gasteiger partial charge on any atom is 0.288 e. The molecule has 0 saturated carbocycles. The number of carbonyl (C=O) groups excluding carboxylic acids is 1. The molecule has 18 heavy (non-hydrogen) atoms. The van der Waals surface area contributed by atoms with Gasteiger partial charge in [0.25, 0.3) is 5.91 Å². The van der Waals surface area contributed by atoms with E-state index in [0.29, 0.717) is 12.5 Å². The third-order valence-electron chi connectivity index (χ3n) is 2.86. The first-order valence-electron chi connectivity index (χ1n) is 5.96. The van der Waals surface area contributed by atoms with Crippen LogP contribution in [-0.4, -0.2) is 27.6 Å². The molecule has 0 fully saturated rings. The van der Waals surface area contributed by atoms with E-state index >= 15 is 0 Å². The van der Waals surface area contributed by atoms with Crippen LogP contribution in [-0.2, 0) is 0 Å². The monoisotopic (exact) mass is 244 g/mol. The Morgan fingerprint density at radius 1 is 1.39 bits per heavy atom. The lowest BCUT2D eigenvalue weighted by Gasteiger charge is -2.11. The van der Waals surface area contributed by atoms with Gasteiger partial charge in [-0.05, 0) is 17.9 Å². The van der Waals surface area contributed by atoms with Crippen LogP contribution in [0.2, 0.25) is 0 Å². The highest BCUT2D eigenvalue weighted by atomic mass is 16.2. The molecule has 0 bridgehead atoms. The van der Waals surface area contributed by atoms with Crippen molar-refractivity contribution in [2.75, 3.05) is 6.54 Å². The zero-order valence-corrected chi connectivity index (χ0v) is 10.3. The number of amides is 1. The smallest absolute Gasteiger partial charge is 0.288 e. The molecule has 1 amide bonds. The number of hydrogen-bond donors (Lipinski definition) is 2. The van der Waals surface area contributed by atoms with Gasteiger partial charge in [0.15, 0.2) is 0 Å². The fourth-order valence-corrected chi connectivity index (χ4v) is 1.75. The average molecular weight is 244 g/mol. The van der Waals surface area contributed by atoms with Gasteiger partial charge >= 0.3 is 0 Å². The van der Waals surface area contributed by atoms with Crippen molar-refractivity contribution in [3.05, 3.63) is 48.0 Å². The normalized spacial score (nSPS) is 12.1. The number of rotatable bonds is 5. The van der Waals surface area contributed by atoms with E-state index in [0.717, 1.165) is 6.42 Å². The van der Waals surface area contributed by atoms with E-state index in [2.05, 4.69) is 39.6 Å². The number of carbonyl (C=O) groups is 1. The van der Waals surface area contributed by atoms with Crippen LogP contribution in [0.15, 0.2) is 36.7 Å². The van der Waals surface area contributed by atoms with Gasteiger partial charge in [-0.2, -0.15) is 5.10 Å². The van der Waals surface area contributed by atoms with E-state index < -0.39 is 0 Å². The lowest BCUT2D eigenvalue weighted by molar-refractivity contribution is 0.0942. The number of H-pyrrole nitrogens is 1. The first kappa shape index (κ1) is 12.3. The summed E-state index contributed by atoms with van der Waals surface area (Å²) in [5, 5.41) is 8.98. The van der Waals surface area contributed by atoms with Gasteiger partial charge < -0.3 is 5.32 Å². The summed E-state index contributed by atoms with van der Waals surface area (Å²) in [6, 6.07) is 10.3. The zero-order valence-electron chi connectivity index (χ0n) is 10.3. The minimum atomic E-state index is -0.215. The number of aromatic nitrogens is 3. The molecule has 0 aliphatic carbocycles. The fourth-order valence-electron chi connectivity index (χ4n) is 1.75. The molecule has 2 rings (SSSR count). The fraction of sp³-hybridized carbons (Fsp3) is 0.308. The highest BCUT2D eigenvalue weighted by molar-refractivity contribution is 5.90. The van der Waals surface area contributed by atoms with Crippen molar-refractivity contribution in [1.82, 2.24) is 20.5 Å². The van der Waals surface area contributed by atoms with E-state index in [-0.39, 0.29) is 11.7 Å². The van der Waals surface area contributed by atoms with Crippen molar-refractivity contribution in [3.63, 3.8) is 0 Å². The van der Waals surface area contributed by atoms with Gasteiger partial charge in [-0.25, -0.2) is 4.98 Å². The third kappa shape index (κ3) is 3.16. The molecule has 1 unspecified atom stereocenters. The van der Waals surface area contributed by atoms with Crippen LogP contribution in [0.5, 0.6) is 0 Å². The Balaban J connectivity index is 1.77. The molecule has 94 valence electrons. The zero-order chi connectivity index (χ0) is 12.8. The van der Waals surface area contributed by atoms with E-state index in [1.807, 2.05) is 18.2 Å². The van der Waals surface area contributed by atoms with Crippen LogP contribution >= 0.6 is 0 Å². The van der Waals surface area contributed by atoms with Crippen molar-refractivity contribution < 1.29 is 4.79 Å². The van der Waals surface area contributed by atoms with Gasteiger partial charge in [-0.1, -0.05) is 37.3 Å². The van der Waals surface area contributed by atoms with Crippen molar-refractivity contribution >= 4 is 5.91 Å². The van der Waals surface area contributed by atoms with Crippen LogP contribution in [0.3, 0.4) is 0 Å². The van der Waals surface area contributed by atoms with Gasteiger partial charge in [-0.3, -0.25) is 9.89 Å². The SMILES string of the molecule is CC(CCNC(=O)c1ncn[nH]1)c1ccccc1. The number of benzene rings is 1. The number of hydrogen-bond acceptors (Lipinski definition) is 3. The van der Waals surface area contributed by atoms with Crippen molar-refractivity contribution in [2.45, 2.75) is 19.3 Å². The maximum absolute atomic E-state index is 11.6. The highest BCUT2D eigenvalue weighted by Gasteiger charge is 2.09. The lowest BCUT2D eigenvalue weighted by atomic mass is 9.98. The van der Waals surface area contributed by atoms with E-state index in [9.17, 15) is 4.79 Å². The van der Waals surface area contributed by atoms with Crippen LogP contribution in [0.4, 0.5) is 0 Å². The first-order valence-corrected chi connectivity index (χ1v) is 5.96. The summed E-state index contributed by atoms with van der Waals surface area (Å²) in [4.78, 5) is 15.4. The quantitative estimate of drug-likeness (QED) is 0.841. The van der Waals surface area contributed by atoms with Gasteiger partial charge in [0.05, 0.1) is 0 Å². The molecule has 0 saturated heterocycles. The first-order chi connectivity index (χ1) is 8.77. The molecule has 0 aliphatic heterocycles. The summed E-state index contributed by atoms with van der Waals surface area (Å²) in [6.45, 7) is 2.77. The molecule has 1 aromatic heterocycles. The molecular weight excluding hydrogens is 228 g/mol. The van der Waals surface area contributed by atoms with Crippen molar-refractivity contribution in [3.8, 4) is 0 Å². The predicted octanol–water partition coefficient (Wildman–Crippen LogP) is 1.73. The van der Waals surface area contributed by atoms with Crippen LogP contribution in [0.25, 0.3) is 0 Å². The molecule has 1 atom stereocenters. The minimum Gasteiger partial charge on any atom is -0.349 e. The van der Waals surface area contributed by atoms with Gasteiger partial charge in [0.1, 0.15) is 6.33 Å².